The molecule has 0 saturated heterocycles. The average molecular weight is 267 g/mol. The van der Waals surface area contributed by atoms with Gasteiger partial charge in [-0.3, -0.25) is 4.79 Å². The van der Waals surface area contributed by atoms with E-state index in [4.69, 9.17) is 0 Å². The normalized spacial score (nSPS) is 21.0. The summed E-state index contributed by atoms with van der Waals surface area (Å²) >= 11 is 1.14. The lowest BCUT2D eigenvalue weighted by Gasteiger charge is -2.09. The van der Waals surface area contributed by atoms with E-state index in [2.05, 4.69) is 15.0 Å². The van der Waals surface area contributed by atoms with Crippen molar-refractivity contribution >= 4 is 29.7 Å². The van der Waals surface area contributed by atoms with Crippen LogP contribution in [0.3, 0.4) is 0 Å². The van der Waals surface area contributed by atoms with Crippen LogP contribution in [0.15, 0.2) is 21.1 Å². The second kappa shape index (κ2) is 3.94. The van der Waals surface area contributed by atoms with E-state index >= 15 is 0 Å². The highest BCUT2D eigenvalue weighted by molar-refractivity contribution is 8.02. The Bertz CT molecular complexity index is 613. The highest BCUT2D eigenvalue weighted by atomic mass is 32.2. The van der Waals surface area contributed by atoms with E-state index in [1.54, 1.807) is 6.92 Å². The summed E-state index contributed by atoms with van der Waals surface area (Å²) in [6.07, 6.45) is -1.42. The van der Waals surface area contributed by atoms with E-state index in [0.29, 0.717) is 21.9 Å². The van der Waals surface area contributed by atoms with Gasteiger partial charge in [-0.2, -0.15) is 0 Å². The monoisotopic (exact) mass is 267 g/mol. The van der Waals surface area contributed by atoms with Crippen LogP contribution in [0.2, 0.25) is 0 Å². The number of hydrogen-bond donors (Lipinski definition) is 0. The number of fused-ring (bicyclic) bond motifs is 3. The van der Waals surface area contributed by atoms with E-state index in [1.807, 2.05) is 0 Å². The number of aromatic nitrogens is 1. The van der Waals surface area contributed by atoms with Crippen molar-refractivity contribution in [3.63, 3.8) is 0 Å². The van der Waals surface area contributed by atoms with Crippen molar-refractivity contribution in [3.8, 4) is 0 Å². The lowest BCUT2D eigenvalue weighted by Crippen LogP contribution is -2.25. The first-order valence-electron chi connectivity index (χ1n) is 5.18. The van der Waals surface area contributed by atoms with Gasteiger partial charge in [0.25, 0.3) is 12.3 Å². The summed E-state index contributed by atoms with van der Waals surface area (Å²) < 4.78 is 25.3. The molecule has 0 aliphatic carbocycles. The molecule has 2 aliphatic heterocycles. The Morgan fingerprint density at radius 2 is 2.22 bits per heavy atom. The molecule has 0 radical (unpaired) electrons. The first-order chi connectivity index (χ1) is 8.58. The van der Waals surface area contributed by atoms with Gasteiger partial charge in [0.05, 0.1) is 5.71 Å². The topological polar surface area (TPSA) is 54.7 Å². The van der Waals surface area contributed by atoms with Gasteiger partial charge in [0.2, 0.25) is 0 Å². The minimum atomic E-state index is -2.62. The molecule has 1 aromatic rings. The van der Waals surface area contributed by atoms with Gasteiger partial charge < -0.3 is 0 Å². The Kier molecular flexibility index (Phi) is 2.51. The Morgan fingerprint density at radius 1 is 1.44 bits per heavy atom. The number of nitrogens with zero attached hydrogens (tertiary/aromatic N) is 3. The maximum absolute atomic E-state index is 12.7. The molecule has 0 spiro atoms. The molecule has 0 fully saturated rings. The van der Waals surface area contributed by atoms with Gasteiger partial charge in [0.15, 0.2) is 0 Å². The van der Waals surface area contributed by atoms with Gasteiger partial charge in [0, 0.05) is 5.56 Å². The van der Waals surface area contributed by atoms with Crippen LogP contribution in [-0.4, -0.2) is 28.2 Å². The van der Waals surface area contributed by atoms with Crippen LogP contribution in [-0.2, 0) is 4.79 Å². The number of aryl methyl sites for hydroxylation is 1. The smallest absolute Gasteiger partial charge is 0.271 e. The molecule has 0 N–H and O–H groups in total. The van der Waals surface area contributed by atoms with E-state index < -0.39 is 11.7 Å². The van der Waals surface area contributed by atoms with Crippen molar-refractivity contribution in [1.82, 2.24) is 4.98 Å². The summed E-state index contributed by atoms with van der Waals surface area (Å²) in [4.78, 5) is 23.2. The molecule has 7 heteroatoms. The molecule has 1 unspecified atom stereocenters. The zero-order valence-electron chi connectivity index (χ0n) is 9.22. The van der Waals surface area contributed by atoms with Crippen LogP contribution < -0.4 is 0 Å². The molecule has 18 heavy (non-hydrogen) atoms. The fraction of sp³-hybridized carbons (Fsp3) is 0.273. The highest BCUT2D eigenvalue weighted by Crippen LogP contribution is 2.40. The fourth-order valence-electron chi connectivity index (χ4n) is 1.99. The minimum absolute atomic E-state index is 0.272. The van der Waals surface area contributed by atoms with Crippen LogP contribution in [0.5, 0.6) is 0 Å². The third kappa shape index (κ3) is 1.58. The number of aliphatic imine (C=N–C) groups is 2. The molecule has 4 nitrogen and oxygen atoms in total. The molecule has 1 atom stereocenters. The van der Waals surface area contributed by atoms with Gasteiger partial charge in [-0.1, -0.05) is 11.8 Å². The molecule has 0 bridgehead atoms. The van der Waals surface area contributed by atoms with Crippen LogP contribution in [0, 0.1) is 6.92 Å². The quantitative estimate of drug-likeness (QED) is 0.783. The molecular formula is C11H7F2N3OS. The third-order valence-corrected chi connectivity index (χ3v) is 3.95. The van der Waals surface area contributed by atoms with Crippen LogP contribution in [0.25, 0.3) is 0 Å². The summed E-state index contributed by atoms with van der Waals surface area (Å²) in [6, 6.07) is 1.34. The van der Waals surface area contributed by atoms with Crippen LogP contribution >= 0.6 is 11.8 Å². The van der Waals surface area contributed by atoms with E-state index in [1.165, 1.54) is 12.4 Å². The number of rotatable bonds is 1. The van der Waals surface area contributed by atoms with Crippen LogP contribution in [0.1, 0.15) is 23.2 Å². The van der Waals surface area contributed by atoms with E-state index in [0.717, 1.165) is 11.8 Å². The molecule has 3 rings (SSSR count). The maximum Gasteiger partial charge on any atom is 0.280 e. The lowest BCUT2D eigenvalue weighted by molar-refractivity contribution is -0.116. The molecule has 3 heterocycles. The van der Waals surface area contributed by atoms with Gasteiger partial charge in [0.1, 0.15) is 22.3 Å². The molecule has 1 amide bonds. The van der Waals surface area contributed by atoms with Crippen molar-refractivity contribution in [2.45, 2.75) is 23.6 Å². The Labute approximate surface area is 105 Å². The third-order valence-electron chi connectivity index (χ3n) is 2.77. The highest BCUT2D eigenvalue weighted by Gasteiger charge is 2.38. The molecular weight excluding hydrogens is 260 g/mol. The zero-order chi connectivity index (χ0) is 12.9. The van der Waals surface area contributed by atoms with Crippen molar-refractivity contribution in [2.24, 2.45) is 9.98 Å². The number of halogens is 2. The molecule has 2 aliphatic rings. The molecule has 92 valence electrons. The van der Waals surface area contributed by atoms with Gasteiger partial charge in [-0.25, -0.2) is 23.7 Å². The largest absolute Gasteiger partial charge is 0.280 e. The predicted molar refractivity (Wildman–Crippen MR) is 63.6 cm³/mol. The number of carbonyl (C=O) groups is 1. The van der Waals surface area contributed by atoms with Crippen LogP contribution in [0.4, 0.5) is 8.78 Å². The first kappa shape index (κ1) is 11.5. The van der Waals surface area contributed by atoms with E-state index in [9.17, 15) is 13.6 Å². The number of amides is 1. The van der Waals surface area contributed by atoms with Gasteiger partial charge in [-0.15, -0.1) is 0 Å². The Balaban J connectivity index is 2.16. The second-order valence-corrected chi connectivity index (χ2v) is 5.03. The molecule has 0 saturated carbocycles. The van der Waals surface area contributed by atoms with Gasteiger partial charge >= 0.3 is 0 Å². The Hall–Kier alpha value is -1.63. The number of hydrogen-bond acceptors (Lipinski definition) is 4. The summed E-state index contributed by atoms with van der Waals surface area (Å²) in [6.45, 7) is 1.72. The number of alkyl halides is 2. The molecule has 1 aromatic heterocycles. The molecule has 0 aromatic carbocycles. The van der Waals surface area contributed by atoms with Crippen molar-refractivity contribution < 1.29 is 13.6 Å². The fourth-order valence-corrected chi connectivity index (χ4v) is 3.21. The zero-order valence-corrected chi connectivity index (χ0v) is 10.0. The average Bonchev–Trinajstić information content (AvgIpc) is 2.69. The van der Waals surface area contributed by atoms with Crippen molar-refractivity contribution in [3.05, 3.63) is 22.9 Å². The predicted octanol–water partition coefficient (Wildman–Crippen LogP) is 2.16. The number of carbonyl (C=O) groups excluding carboxylic acids is 1. The first-order valence-corrected chi connectivity index (χ1v) is 6.06. The van der Waals surface area contributed by atoms with E-state index in [-0.39, 0.29) is 11.6 Å². The maximum atomic E-state index is 12.7. The lowest BCUT2D eigenvalue weighted by atomic mass is 10.0. The summed E-state index contributed by atoms with van der Waals surface area (Å²) in [5.74, 6) is -0.319. The minimum Gasteiger partial charge on any atom is -0.271 e. The second-order valence-electron chi connectivity index (χ2n) is 3.94. The Morgan fingerprint density at radius 3 is 2.94 bits per heavy atom. The standard InChI is InChI=1S/C11H7F2N3OS/c1-4-2-5(9(12)13)16-11-6(4)7-8(18-11)10(17)15-3-14-7/h2-3,8-9H,1H3. The summed E-state index contributed by atoms with van der Waals surface area (Å²) in [5, 5.41) is -0.1000. The number of thioether (sulfide) groups is 1. The summed E-state index contributed by atoms with van der Waals surface area (Å²) in [5.41, 5.74) is 1.65. The summed E-state index contributed by atoms with van der Waals surface area (Å²) in [7, 11) is 0. The van der Waals surface area contributed by atoms with Crippen molar-refractivity contribution in [1.29, 1.82) is 0 Å². The van der Waals surface area contributed by atoms with Gasteiger partial charge in [-0.05, 0) is 18.6 Å². The van der Waals surface area contributed by atoms with Crippen molar-refractivity contribution in [2.75, 3.05) is 0 Å². The SMILES string of the molecule is Cc1cc(C(F)F)nc2c1C1=NC=NC(=O)C1S2. The number of pyridine rings is 1.